The van der Waals surface area contributed by atoms with Crippen LogP contribution in [0, 0.1) is 6.92 Å². The predicted octanol–water partition coefficient (Wildman–Crippen LogP) is 4.10. The number of hydrogen-bond donors (Lipinski definition) is 2. The largest absolute Gasteiger partial charge is 0.375 e. The first-order valence-corrected chi connectivity index (χ1v) is 7.05. The standard InChI is InChI=1S/C17H21N3O/c1-4-20(3)15-10-11-16(13(2)12-15)19-17(21)18-14-8-6-5-7-9-14/h5-12H,4H2,1-3H3,(H2,18,19,21). The van der Waals surface area contributed by atoms with Crippen LogP contribution in [0.3, 0.4) is 0 Å². The molecule has 0 aromatic heterocycles. The van der Waals surface area contributed by atoms with Crippen LogP contribution in [0.5, 0.6) is 0 Å². The number of benzene rings is 2. The Hall–Kier alpha value is -2.49. The van der Waals surface area contributed by atoms with Crippen LogP contribution in [0.15, 0.2) is 48.5 Å². The first-order chi connectivity index (χ1) is 10.1. The summed E-state index contributed by atoms with van der Waals surface area (Å²) in [6.07, 6.45) is 0. The maximum absolute atomic E-state index is 12.0. The Balaban J connectivity index is 2.04. The molecular weight excluding hydrogens is 262 g/mol. The summed E-state index contributed by atoms with van der Waals surface area (Å²) in [6.45, 7) is 5.04. The number of para-hydroxylation sites is 1. The molecule has 0 saturated heterocycles. The van der Waals surface area contributed by atoms with E-state index in [1.165, 1.54) is 0 Å². The highest BCUT2D eigenvalue weighted by Crippen LogP contribution is 2.22. The van der Waals surface area contributed by atoms with Gasteiger partial charge in [0.1, 0.15) is 0 Å². The molecule has 4 nitrogen and oxygen atoms in total. The number of amides is 2. The number of rotatable bonds is 4. The molecule has 0 heterocycles. The van der Waals surface area contributed by atoms with Gasteiger partial charge in [-0.05, 0) is 49.7 Å². The van der Waals surface area contributed by atoms with Crippen molar-refractivity contribution in [3.05, 3.63) is 54.1 Å². The topological polar surface area (TPSA) is 44.4 Å². The van der Waals surface area contributed by atoms with Crippen molar-refractivity contribution in [1.29, 1.82) is 0 Å². The smallest absolute Gasteiger partial charge is 0.323 e. The van der Waals surface area contributed by atoms with E-state index >= 15 is 0 Å². The van der Waals surface area contributed by atoms with Gasteiger partial charge in [-0.1, -0.05) is 18.2 Å². The van der Waals surface area contributed by atoms with Gasteiger partial charge >= 0.3 is 6.03 Å². The molecule has 0 aliphatic carbocycles. The van der Waals surface area contributed by atoms with Crippen LogP contribution in [-0.4, -0.2) is 19.6 Å². The fourth-order valence-electron chi connectivity index (χ4n) is 2.01. The molecule has 2 aromatic rings. The minimum absolute atomic E-state index is 0.235. The van der Waals surface area contributed by atoms with Crippen molar-refractivity contribution >= 4 is 23.1 Å². The number of carbonyl (C=O) groups is 1. The van der Waals surface area contributed by atoms with E-state index in [0.717, 1.165) is 29.2 Å². The van der Waals surface area contributed by atoms with Gasteiger partial charge in [-0.15, -0.1) is 0 Å². The highest BCUT2D eigenvalue weighted by Gasteiger charge is 2.06. The summed E-state index contributed by atoms with van der Waals surface area (Å²) in [5.41, 5.74) is 3.77. The molecule has 2 N–H and O–H groups in total. The van der Waals surface area contributed by atoms with Gasteiger partial charge in [-0.3, -0.25) is 0 Å². The third kappa shape index (κ3) is 3.99. The lowest BCUT2D eigenvalue weighted by Crippen LogP contribution is -2.20. The number of carbonyl (C=O) groups excluding carboxylic acids is 1. The van der Waals surface area contributed by atoms with Gasteiger partial charge in [0.25, 0.3) is 0 Å². The van der Waals surface area contributed by atoms with Crippen LogP contribution in [0.4, 0.5) is 21.9 Å². The van der Waals surface area contributed by atoms with Crippen LogP contribution in [0.1, 0.15) is 12.5 Å². The molecule has 0 radical (unpaired) electrons. The van der Waals surface area contributed by atoms with Gasteiger partial charge in [0.15, 0.2) is 0 Å². The lowest BCUT2D eigenvalue weighted by atomic mass is 10.1. The Labute approximate surface area is 125 Å². The van der Waals surface area contributed by atoms with Gasteiger partial charge < -0.3 is 15.5 Å². The van der Waals surface area contributed by atoms with Crippen LogP contribution in [-0.2, 0) is 0 Å². The average Bonchev–Trinajstić information content (AvgIpc) is 2.49. The number of nitrogens with zero attached hydrogens (tertiary/aromatic N) is 1. The van der Waals surface area contributed by atoms with Gasteiger partial charge in [-0.2, -0.15) is 0 Å². The number of aryl methyl sites for hydroxylation is 1. The molecule has 0 aliphatic heterocycles. The van der Waals surface area contributed by atoms with Crippen molar-refractivity contribution in [2.75, 3.05) is 29.1 Å². The fraction of sp³-hybridized carbons (Fsp3) is 0.235. The van der Waals surface area contributed by atoms with Crippen molar-refractivity contribution < 1.29 is 4.79 Å². The molecular formula is C17H21N3O. The summed E-state index contributed by atoms with van der Waals surface area (Å²) in [6, 6.07) is 15.2. The summed E-state index contributed by atoms with van der Waals surface area (Å²) in [7, 11) is 2.05. The number of anilines is 3. The summed E-state index contributed by atoms with van der Waals surface area (Å²) >= 11 is 0. The van der Waals surface area contributed by atoms with E-state index in [0.29, 0.717) is 0 Å². The first kappa shape index (κ1) is 14.9. The zero-order chi connectivity index (χ0) is 15.2. The lowest BCUT2D eigenvalue weighted by Gasteiger charge is -2.18. The Morgan fingerprint density at radius 3 is 2.43 bits per heavy atom. The molecule has 0 aliphatic rings. The molecule has 0 saturated carbocycles. The zero-order valence-corrected chi connectivity index (χ0v) is 12.7. The minimum atomic E-state index is -0.235. The molecule has 0 unspecified atom stereocenters. The second kappa shape index (κ2) is 6.79. The maximum atomic E-state index is 12.0. The minimum Gasteiger partial charge on any atom is -0.375 e. The van der Waals surface area contributed by atoms with Gasteiger partial charge in [-0.25, -0.2) is 4.79 Å². The molecule has 2 rings (SSSR count). The molecule has 4 heteroatoms. The monoisotopic (exact) mass is 283 g/mol. The maximum Gasteiger partial charge on any atom is 0.323 e. The fourth-order valence-corrected chi connectivity index (χ4v) is 2.01. The molecule has 0 atom stereocenters. The van der Waals surface area contributed by atoms with E-state index in [1.54, 1.807) is 0 Å². The summed E-state index contributed by atoms with van der Waals surface area (Å²) < 4.78 is 0. The van der Waals surface area contributed by atoms with Crippen molar-refractivity contribution in [1.82, 2.24) is 0 Å². The second-order valence-corrected chi connectivity index (χ2v) is 4.96. The van der Waals surface area contributed by atoms with E-state index < -0.39 is 0 Å². The molecule has 0 bridgehead atoms. The predicted molar refractivity (Wildman–Crippen MR) is 89.2 cm³/mol. The quantitative estimate of drug-likeness (QED) is 0.887. The molecule has 2 aromatic carbocycles. The lowest BCUT2D eigenvalue weighted by molar-refractivity contribution is 0.262. The Bertz CT molecular complexity index is 611. The van der Waals surface area contributed by atoms with Crippen molar-refractivity contribution in [3.8, 4) is 0 Å². The Kier molecular flexibility index (Phi) is 4.82. The highest BCUT2D eigenvalue weighted by molar-refractivity contribution is 6.00. The second-order valence-electron chi connectivity index (χ2n) is 4.96. The van der Waals surface area contributed by atoms with Crippen molar-refractivity contribution in [2.24, 2.45) is 0 Å². The number of urea groups is 1. The number of hydrogen-bond acceptors (Lipinski definition) is 2. The third-order valence-electron chi connectivity index (χ3n) is 3.40. The van der Waals surface area contributed by atoms with Crippen molar-refractivity contribution in [3.63, 3.8) is 0 Å². The van der Waals surface area contributed by atoms with Gasteiger partial charge in [0.05, 0.1) is 0 Å². The molecule has 110 valence electrons. The van der Waals surface area contributed by atoms with Crippen molar-refractivity contribution in [2.45, 2.75) is 13.8 Å². The van der Waals surface area contributed by atoms with E-state index in [1.807, 2.05) is 56.4 Å². The first-order valence-electron chi connectivity index (χ1n) is 7.05. The normalized spacial score (nSPS) is 10.0. The van der Waals surface area contributed by atoms with Crippen LogP contribution in [0.2, 0.25) is 0 Å². The van der Waals surface area contributed by atoms with Crippen LogP contribution in [0.25, 0.3) is 0 Å². The van der Waals surface area contributed by atoms with Crippen LogP contribution < -0.4 is 15.5 Å². The molecule has 0 spiro atoms. The summed E-state index contributed by atoms with van der Waals surface area (Å²) in [5, 5.41) is 5.68. The SMILES string of the molecule is CCN(C)c1ccc(NC(=O)Nc2ccccc2)c(C)c1. The summed E-state index contributed by atoms with van der Waals surface area (Å²) in [5.74, 6) is 0. The third-order valence-corrected chi connectivity index (χ3v) is 3.40. The Morgan fingerprint density at radius 1 is 1.10 bits per heavy atom. The molecule has 0 fully saturated rings. The van der Waals surface area contributed by atoms with Gasteiger partial charge in [0.2, 0.25) is 0 Å². The van der Waals surface area contributed by atoms with E-state index in [9.17, 15) is 4.79 Å². The van der Waals surface area contributed by atoms with E-state index in [2.05, 4.69) is 28.5 Å². The molecule has 2 amide bonds. The van der Waals surface area contributed by atoms with E-state index in [-0.39, 0.29) is 6.03 Å². The number of nitrogens with one attached hydrogen (secondary N) is 2. The van der Waals surface area contributed by atoms with Gasteiger partial charge in [0, 0.05) is 30.7 Å². The van der Waals surface area contributed by atoms with Crippen LogP contribution >= 0.6 is 0 Å². The Morgan fingerprint density at radius 2 is 1.81 bits per heavy atom. The highest BCUT2D eigenvalue weighted by atomic mass is 16.2. The summed E-state index contributed by atoms with van der Waals surface area (Å²) in [4.78, 5) is 14.1. The zero-order valence-electron chi connectivity index (χ0n) is 12.7. The molecule has 21 heavy (non-hydrogen) atoms. The average molecular weight is 283 g/mol. The van der Waals surface area contributed by atoms with E-state index in [4.69, 9.17) is 0 Å².